The molecule has 0 unspecified atom stereocenters. The molecule has 9 nitrogen and oxygen atoms in total. The number of nitrogens with two attached hydrogens (primary N) is 1. The third kappa shape index (κ3) is 5.38. The number of furan rings is 1. The Morgan fingerprint density at radius 2 is 1.88 bits per heavy atom. The number of anilines is 1. The molecule has 2 aliphatic rings. The zero-order chi connectivity index (χ0) is 28.8. The van der Waals surface area contributed by atoms with E-state index >= 15 is 0 Å². The van der Waals surface area contributed by atoms with Crippen molar-refractivity contribution in [1.82, 2.24) is 20.2 Å². The van der Waals surface area contributed by atoms with Crippen LogP contribution in [0.4, 0.5) is 19.0 Å². The van der Waals surface area contributed by atoms with Crippen molar-refractivity contribution < 1.29 is 31.9 Å². The van der Waals surface area contributed by atoms with Gasteiger partial charge in [0, 0.05) is 42.5 Å². The van der Waals surface area contributed by atoms with Crippen molar-refractivity contribution in [2.75, 3.05) is 32.0 Å². The van der Waals surface area contributed by atoms with Crippen LogP contribution in [0.2, 0.25) is 0 Å². The number of pyridine rings is 2. The van der Waals surface area contributed by atoms with Crippen molar-refractivity contribution in [1.29, 1.82) is 0 Å². The maximum Gasteiger partial charge on any atom is 0.420 e. The summed E-state index contributed by atoms with van der Waals surface area (Å²) in [6, 6.07) is 10.3. The highest BCUT2D eigenvalue weighted by Gasteiger charge is 2.50. The molecule has 6 rings (SSSR count). The second-order valence-corrected chi connectivity index (χ2v) is 10.3. The van der Waals surface area contributed by atoms with Crippen molar-refractivity contribution >= 4 is 34.7 Å². The number of fused-ring (bicyclic) bond motifs is 1. The van der Waals surface area contributed by atoms with Crippen molar-refractivity contribution in [2.45, 2.75) is 12.7 Å². The zero-order valence-electron chi connectivity index (χ0n) is 21.6. The molecule has 4 aromatic rings. The van der Waals surface area contributed by atoms with E-state index in [9.17, 15) is 22.8 Å². The minimum absolute atomic E-state index is 0.0741. The quantitative estimate of drug-likeness (QED) is 0.336. The lowest BCUT2D eigenvalue weighted by atomic mass is 9.78. The number of amides is 2. The Bertz CT molecular complexity index is 1650. The number of halogens is 3. The molecule has 1 spiro atoms. The molecule has 2 amide bonds. The number of alkyl halides is 3. The summed E-state index contributed by atoms with van der Waals surface area (Å²) in [5, 5.41) is 2.80. The van der Waals surface area contributed by atoms with E-state index in [1.807, 2.05) is 0 Å². The molecule has 3 aromatic heterocycles. The molecule has 0 atom stereocenters. The fourth-order valence-electron chi connectivity index (χ4n) is 4.93. The van der Waals surface area contributed by atoms with E-state index < -0.39 is 17.6 Å². The van der Waals surface area contributed by atoms with Gasteiger partial charge in [-0.05, 0) is 54.1 Å². The van der Waals surface area contributed by atoms with Gasteiger partial charge in [0.25, 0.3) is 5.91 Å². The molecular weight excluding hydrogens is 539 g/mol. The van der Waals surface area contributed by atoms with Gasteiger partial charge in [0.2, 0.25) is 5.91 Å². The summed E-state index contributed by atoms with van der Waals surface area (Å²) in [5.74, 6) is -0.140. The Hall–Kier alpha value is -4.71. The average molecular weight is 564 g/mol. The van der Waals surface area contributed by atoms with Crippen LogP contribution in [0.15, 0.2) is 65.4 Å². The lowest BCUT2D eigenvalue weighted by molar-refractivity contribution is -0.176. The molecule has 0 bridgehead atoms. The van der Waals surface area contributed by atoms with E-state index in [4.69, 9.17) is 14.9 Å². The Kier molecular flexibility index (Phi) is 6.49. The number of rotatable bonds is 6. The first-order chi connectivity index (χ1) is 19.6. The Balaban J connectivity index is 1.18. The molecule has 0 saturated carbocycles. The fourth-order valence-corrected chi connectivity index (χ4v) is 4.93. The predicted molar refractivity (Wildman–Crippen MR) is 143 cm³/mol. The Morgan fingerprint density at radius 1 is 1.07 bits per heavy atom. The van der Waals surface area contributed by atoms with Gasteiger partial charge in [0.05, 0.1) is 42.0 Å². The van der Waals surface area contributed by atoms with E-state index in [0.717, 1.165) is 6.07 Å². The van der Waals surface area contributed by atoms with Gasteiger partial charge in [-0.1, -0.05) is 0 Å². The van der Waals surface area contributed by atoms with Crippen LogP contribution in [0.5, 0.6) is 0 Å². The molecule has 41 heavy (non-hydrogen) atoms. The van der Waals surface area contributed by atoms with Crippen molar-refractivity contribution in [3.63, 3.8) is 0 Å². The third-order valence-corrected chi connectivity index (χ3v) is 7.11. The van der Waals surface area contributed by atoms with Crippen LogP contribution in [0.1, 0.15) is 27.2 Å². The summed E-state index contributed by atoms with van der Waals surface area (Å²) < 4.78 is 52.7. The number of nitrogens with zero attached hydrogens (tertiary/aromatic N) is 3. The lowest BCUT2D eigenvalue weighted by Crippen LogP contribution is -2.67. The van der Waals surface area contributed by atoms with Crippen LogP contribution in [0, 0.1) is 5.41 Å². The van der Waals surface area contributed by atoms with Gasteiger partial charge in [-0.25, -0.2) is 4.98 Å². The number of hydrogen-bond acceptors (Lipinski definition) is 7. The van der Waals surface area contributed by atoms with Crippen molar-refractivity contribution in [3.8, 4) is 11.3 Å². The molecule has 2 saturated heterocycles. The molecule has 1 aromatic carbocycles. The summed E-state index contributed by atoms with van der Waals surface area (Å²) in [4.78, 5) is 34.9. The topological polar surface area (TPSA) is 124 Å². The van der Waals surface area contributed by atoms with E-state index in [2.05, 4.69) is 15.3 Å². The highest BCUT2D eigenvalue weighted by atomic mass is 19.4. The van der Waals surface area contributed by atoms with Gasteiger partial charge in [-0.15, -0.1) is 0 Å². The third-order valence-electron chi connectivity index (χ3n) is 7.11. The summed E-state index contributed by atoms with van der Waals surface area (Å²) >= 11 is 0. The van der Waals surface area contributed by atoms with Gasteiger partial charge >= 0.3 is 6.18 Å². The number of benzene rings is 1. The average Bonchev–Trinajstić information content (AvgIpc) is 3.32. The molecule has 2 fully saturated rings. The van der Waals surface area contributed by atoms with Crippen LogP contribution >= 0.6 is 0 Å². The Labute approximate surface area is 231 Å². The van der Waals surface area contributed by atoms with Crippen LogP contribution in [0.25, 0.3) is 28.3 Å². The number of aromatic nitrogens is 2. The molecule has 2 aliphatic heterocycles. The fraction of sp³-hybridized carbons (Fsp3) is 0.241. The maximum atomic E-state index is 14.0. The minimum atomic E-state index is -4.70. The summed E-state index contributed by atoms with van der Waals surface area (Å²) in [6.07, 6.45) is 0.986. The number of carbonyl (C=O) groups is 2. The molecular formula is C29H24F3N5O4. The van der Waals surface area contributed by atoms with Crippen LogP contribution in [-0.2, 0) is 22.3 Å². The van der Waals surface area contributed by atoms with E-state index in [-0.39, 0.29) is 45.9 Å². The largest absolute Gasteiger partial charge is 0.459 e. The number of ether oxygens (including phenoxy) is 1. The van der Waals surface area contributed by atoms with Gasteiger partial charge in [0.15, 0.2) is 0 Å². The van der Waals surface area contributed by atoms with Gasteiger partial charge in [-0.2, -0.15) is 13.2 Å². The van der Waals surface area contributed by atoms with E-state index in [1.54, 1.807) is 23.1 Å². The monoisotopic (exact) mass is 563 g/mol. The molecule has 0 radical (unpaired) electrons. The first-order valence-corrected chi connectivity index (χ1v) is 12.7. The number of nitrogen functional groups attached to an aromatic ring is 1. The number of hydrogen-bond donors (Lipinski definition) is 2. The first kappa shape index (κ1) is 26.5. The number of nitrogens with one attached hydrogen (secondary N) is 1. The van der Waals surface area contributed by atoms with Crippen LogP contribution < -0.4 is 11.1 Å². The number of carbonyl (C=O) groups excluding carboxylic acids is 2. The van der Waals surface area contributed by atoms with Crippen molar-refractivity contribution in [2.24, 2.45) is 5.41 Å². The molecule has 3 N–H and O–H groups in total. The molecule has 12 heteroatoms. The SMILES string of the molecule is Nc1ccc(/C=C/C(=O)NCc2cc3cc(-c4ccc(C(=O)N5CC6(COC6)C5)cn4)cc(C(F)(F)F)c3o2)cn1. The molecule has 0 aliphatic carbocycles. The summed E-state index contributed by atoms with van der Waals surface area (Å²) in [5.41, 5.74) is 5.82. The van der Waals surface area contributed by atoms with Crippen LogP contribution in [-0.4, -0.2) is 53.0 Å². The predicted octanol–water partition coefficient (Wildman–Crippen LogP) is 4.29. The normalized spacial score (nSPS) is 16.1. The highest BCUT2D eigenvalue weighted by molar-refractivity contribution is 5.95. The van der Waals surface area contributed by atoms with E-state index in [1.165, 1.54) is 42.7 Å². The second-order valence-electron chi connectivity index (χ2n) is 10.3. The summed E-state index contributed by atoms with van der Waals surface area (Å²) in [7, 11) is 0. The van der Waals surface area contributed by atoms with Gasteiger partial charge in [0.1, 0.15) is 17.2 Å². The number of likely N-dealkylation sites (tertiary alicyclic amines) is 1. The zero-order valence-corrected chi connectivity index (χ0v) is 21.6. The molecule has 5 heterocycles. The lowest BCUT2D eigenvalue weighted by Gasteiger charge is -2.54. The van der Waals surface area contributed by atoms with Crippen LogP contribution in [0.3, 0.4) is 0 Å². The molecule has 210 valence electrons. The standard InChI is InChI=1S/C29H24F3N5O4/c30-29(31,32)22-9-19(23-4-3-18(11-34-23)27(39)37-13-28(14-37)15-40-16-28)7-20-8-21(41-26(20)22)12-36-25(38)6-2-17-1-5-24(33)35-10-17/h1-11H,12-16H2,(H2,33,35)(H,36,38)/b6-2+. The highest BCUT2D eigenvalue weighted by Crippen LogP contribution is 2.40. The Morgan fingerprint density at radius 3 is 2.51 bits per heavy atom. The minimum Gasteiger partial charge on any atom is -0.459 e. The maximum absolute atomic E-state index is 14.0. The second kappa shape index (κ2) is 10.0. The summed E-state index contributed by atoms with van der Waals surface area (Å²) in [6.45, 7) is 2.43. The van der Waals surface area contributed by atoms with Crippen molar-refractivity contribution in [3.05, 3.63) is 83.4 Å². The van der Waals surface area contributed by atoms with E-state index in [0.29, 0.717) is 43.2 Å². The first-order valence-electron chi connectivity index (χ1n) is 12.7. The van der Waals surface area contributed by atoms with Gasteiger partial charge in [-0.3, -0.25) is 14.6 Å². The smallest absolute Gasteiger partial charge is 0.420 e. The van der Waals surface area contributed by atoms with Gasteiger partial charge < -0.3 is 25.1 Å².